The van der Waals surface area contributed by atoms with Crippen LogP contribution in [-0.2, 0) is 0 Å². The second-order valence-electron chi connectivity index (χ2n) is 4.78. The molecule has 3 aromatic rings. The van der Waals surface area contributed by atoms with Crippen molar-refractivity contribution in [3.8, 4) is 17.3 Å². The van der Waals surface area contributed by atoms with Crippen molar-refractivity contribution >= 4 is 0 Å². The predicted octanol–water partition coefficient (Wildman–Crippen LogP) is 2.62. The van der Waals surface area contributed by atoms with Gasteiger partial charge in [-0.3, -0.25) is 4.98 Å². The summed E-state index contributed by atoms with van der Waals surface area (Å²) < 4.78 is 5.59. The molecule has 0 unspecified atom stereocenters. The van der Waals surface area contributed by atoms with Crippen molar-refractivity contribution in [1.29, 1.82) is 0 Å². The first-order chi connectivity index (χ1) is 10.8. The highest BCUT2D eigenvalue weighted by Crippen LogP contribution is 2.15. The molecule has 0 saturated heterocycles. The molecule has 0 radical (unpaired) electrons. The van der Waals surface area contributed by atoms with Gasteiger partial charge >= 0.3 is 0 Å². The monoisotopic (exact) mass is 292 g/mol. The van der Waals surface area contributed by atoms with Gasteiger partial charge in [0.25, 0.3) is 0 Å². The summed E-state index contributed by atoms with van der Waals surface area (Å²) in [6.07, 6.45) is 4.95. The van der Waals surface area contributed by atoms with Gasteiger partial charge < -0.3 is 10.5 Å². The fraction of sp³-hybridized carbons (Fsp3) is 0.118. The van der Waals surface area contributed by atoms with Gasteiger partial charge in [0.2, 0.25) is 5.88 Å². The molecule has 0 fully saturated rings. The third-order valence-corrected chi connectivity index (χ3v) is 3.19. The summed E-state index contributed by atoms with van der Waals surface area (Å²) in [4.78, 5) is 12.8. The minimum absolute atomic E-state index is 0.196. The third-order valence-electron chi connectivity index (χ3n) is 3.19. The molecule has 0 amide bonds. The van der Waals surface area contributed by atoms with E-state index in [0.717, 1.165) is 11.3 Å². The van der Waals surface area contributed by atoms with Crippen molar-refractivity contribution in [2.45, 2.75) is 6.04 Å². The van der Waals surface area contributed by atoms with Crippen LogP contribution in [0, 0.1) is 0 Å². The molecule has 2 aromatic heterocycles. The lowest BCUT2D eigenvalue weighted by Gasteiger charge is -2.12. The van der Waals surface area contributed by atoms with E-state index in [1.54, 1.807) is 18.6 Å². The number of benzene rings is 1. The number of pyridine rings is 1. The molecule has 0 aliphatic rings. The SMILES string of the molecule is N[C@H](COc1cnc(-c2ccccn2)cn1)c1ccccc1. The van der Waals surface area contributed by atoms with Crippen LogP contribution in [0.3, 0.4) is 0 Å². The summed E-state index contributed by atoms with van der Waals surface area (Å²) in [6.45, 7) is 0.349. The summed E-state index contributed by atoms with van der Waals surface area (Å²) in [6, 6.07) is 15.3. The highest BCUT2D eigenvalue weighted by atomic mass is 16.5. The second-order valence-corrected chi connectivity index (χ2v) is 4.78. The van der Waals surface area contributed by atoms with E-state index in [2.05, 4.69) is 15.0 Å². The summed E-state index contributed by atoms with van der Waals surface area (Å²) in [7, 11) is 0. The molecule has 0 aliphatic carbocycles. The van der Waals surface area contributed by atoms with Gasteiger partial charge in [0.1, 0.15) is 12.3 Å². The lowest BCUT2D eigenvalue weighted by atomic mass is 10.1. The minimum Gasteiger partial charge on any atom is -0.475 e. The first kappa shape index (κ1) is 14.2. The normalized spacial score (nSPS) is 11.9. The number of hydrogen-bond donors (Lipinski definition) is 1. The Morgan fingerprint density at radius 3 is 2.36 bits per heavy atom. The lowest BCUT2D eigenvalue weighted by Crippen LogP contribution is -2.19. The van der Waals surface area contributed by atoms with Crippen molar-refractivity contribution in [1.82, 2.24) is 15.0 Å². The second kappa shape index (κ2) is 6.78. The van der Waals surface area contributed by atoms with Crippen LogP contribution in [0.4, 0.5) is 0 Å². The quantitative estimate of drug-likeness (QED) is 0.782. The number of rotatable bonds is 5. The van der Waals surface area contributed by atoms with Gasteiger partial charge in [-0.15, -0.1) is 0 Å². The van der Waals surface area contributed by atoms with E-state index in [4.69, 9.17) is 10.5 Å². The number of aromatic nitrogens is 3. The molecule has 5 heteroatoms. The minimum atomic E-state index is -0.196. The Bertz CT molecular complexity index is 702. The molecule has 1 atom stereocenters. The number of hydrogen-bond acceptors (Lipinski definition) is 5. The Balaban J connectivity index is 1.62. The Labute approximate surface area is 128 Å². The Morgan fingerprint density at radius 2 is 1.68 bits per heavy atom. The highest BCUT2D eigenvalue weighted by molar-refractivity contribution is 5.52. The van der Waals surface area contributed by atoms with Crippen molar-refractivity contribution < 1.29 is 4.74 Å². The van der Waals surface area contributed by atoms with E-state index in [1.807, 2.05) is 48.5 Å². The van der Waals surface area contributed by atoms with Crippen LogP contribution in [-0.4, -0.2) is 21.6 Å². The van der Waals surface area contributed by atoms with Crippen molar-refractivity contribution in [2.75, 3.05) is 6.61 Å². The summed E-state index contributed by atoms with van der Waals surface area (Å²) in [5.74, 6) is 0.450. The topological polar surface area (TPSA) is 73.9 Å². The van der Waals surface area contributed by atoms with Crippen LogP contribution in [0.2, 0.25) is 0 Å². The van der Waals surface area contributed by atoms with Crippen molar-refractivity contribution in [2.24, 2.45) is 5.73 Å². The average Bonchev–Trinajstić information content (AvgIpc) is 2.61. The zero-order valence-electron chi connectivity index (χ0n) is 12.0. The molecule has 110 valence electrons. The van der Waals surface area contributed by atoms with E-state index in [9.17, 15) is 0 Å². The van der Waals surface area contributed by atoms with Crippen molar-refractivity contribution in [3.63, 3.8) is 0 Å². The zero-order valence-corrected chi connectivity index (χ0v) is 12.0. The maximum absolute atomic E-state index is 6.08. The lowest BCUT2D eigenvalue weighted by molar-refractivity contribution is 0.279. The van der Waals surface area contributed by atoms with Gasteiger partial charge in [-0.1, -0.05) is 36.4 Å². The molecule has 0 spiro atoms. The molecule has 5 nitrogen and oxygen atoms in total. The van der Waals surface area contributed by atoms with Gasteiger partial charge in [0.05, 0.1) is 24.1 Å². The molecule has 2 heterocycles. The Kier molecular flexibility index (Phi) is 4.36. The molecule has 0 aliphatic heterocycles. The van der Waals surface area contributed by atoms with Crippen LogP contribution in [0.25, 0.3) is 11.4 Å². The maximum atomic E-state index is 6.08. The van der Waals surface area contributed by atoms with Crippen LogP contribution >= 0.6 is 0 Å². The Hall–Kier alpha value is -2.79. The molecular formula is C17H16N4O. The van der Waals surface area contributed by atoms with Gasteiger partial charge in [0, 0.05) is 6.20 Å². The van der Waals surface area contributed by atoms with E-state index >= 15 is 0 Å². The molecule has 2 N–H and O–H groups in total. The molecule has 22 heavy (non-hydrogen) atoms. The fourth-order valence-corrected chi connectivity index (χ4v) is 2.01. The summed E-state index contributed by atoms with van der Waals surface area (Å²) in [5.41, 5.74) is 8.60. The van der Waals surface area contributed by atoms with Crippen LogP contribution in [0.15, 0.2) is 67.1 Å². The fourth-order valence-electron chi connectivity index (χ4n) is 2.01. The first-order valence-electron chi connectivity index (χ1n) is 7.00. The number of nitrogens with zero attached hydrogens (tertiary/aromatic N) is 3. The maximum Gasteiger partial charge on any atom is 0.232 e. The Morgan fingerprint density at radius 1 is 0.864 bits per heavy atom. The summed E-state index contributed by atoms with van der Waals surface area (Å²) >= 11 is 0. The third kappa shape index (κ3) is 3.45. The molecule has 0 saturated carbocycles. The highest BCUT2D eigenvalue weighted by Gasteiger charge is 2.07. The van der Waals surface area contributed by atoms with Gasteiger partial charge in [-0.2, -0.15) is 0 Å². The van der Waals surface area contributed by atoms with E-state index in [0.29, 0.717) is 18.2 Å². The smallest absolute Gasteiger partial charge is 0.232 e. The first-order valence-corrected chi connectivity index (χ1v) is 7.00. The molecular weight excluding hydrogens is 276 g/mol. The van der Waals surface area contributed by atoms with Gasteiger partial charge in [-0.05, 0) is 17.7 Å². The summed E-state index contributed by atoms with van der Waals surface area (Å²) in [5, 5.41) is 0. The molecule has 1 aromatic carbocycles. The van der Waals surface area contributed by atoms with Crippen LogP contribution < -0.4 is 10.5 Å². The molecule has 0 bridgehead atoms. The van der Waals surface area contributed by atoms with Crippen LogP contribution in [0.5, 0.6) is 5.88 Å². The zero-order chi connectivity index (χ0) is 15.2. The van der Waals surface area contributed by atoms with E-state index < -0.39 is 0 Å². The van der Waals surface area contributed by atoms with Crippen LogP contribution in [0.1, 0.15) is 11.6 Å². The number of ether oxygens (including phenoxy) is 1. The molecule has 3 rings (SSSR count). The van der Waals surface area contributed by atoms with Crippen molar-refractivity contribution in [3.05, 3.63) is 72.7 Å². The average molecular weight is 292 g/mol. The standard InChI is InChI=1S/C17H16N4O/c18-14(13-6-2-1-3-7-13)12-22-17-11-20-16(10-21-17)15-8-4-5-9-19-15/h1-11,14H,12,18H2/t14-/m1/s1. The predicted molar refractivity (Wildman–Crippen MR) is 84.1 cm³/mol. The van der Waals surface area contributed by atoms with E-state index in [1.165, 1.54) is 0 Å². The van der Waals surface area contributed by atoms with E-state index in [-0.39, 0.29) is 6.04 Å². The number of nitrogens with two attached hydrogens (primary N) is 1. The van der Waals surface area contributed by atoms with Gasteiger partial charge in [0.15, 0.2) is 0 Å². The van der Waals surface area contributed by atoms with Gasteiger partial charge in [-0.25, -0.2) is 9.97 Å². The largest absolute Gasteiger partial charge is 0.475 e.